The third kappa shape index (κ3) is 17.3. The van der Waals surface area contributed by atoms with Crippen molar-refractivity contribution in [3.8, 4) is 11.8 Å². The number of nitrogens with one attached hydrogen (secondary N) is 6. The third-order valence-corrected chi connectivity index (χ3v) is 17.1. The monoisotopic (exact) mass is 1300 g/mol. The summed E-state index contributed by atoms with van der Waals surface area (Å²) in [5.41, 5.74) is 10.0. The molecular formula is C67H66Cl3N13O3S3. The molecule has 3 aromatic heterocycles. The molecule has 89 heavy (non-hydrogen) atoms. The third-order valence-electron chi connectivity index (χ3n) is 15.7. The van der Waals surface area contributed by atoms with Crippen LogP contribution in [0.4, 0.5) is 34.1 Å². The quantitative estimate of drug-likeness (QED) is 0.0531. The zero-order valence-corrected chi connectivity index (χ0v) is 53.7. The highest BCUT2D eigenvalue weighted by Gasteiger charge is 2.25. The predicted molar refractivity (Wildman–Crippen MR) is 376 cm³/mol. The molecule has 0 aliphatic carbocycles. The van der Waals surface area contributed by atoms with Crippen LogP contribution in [-0.2, 0) is 4.74 Å². The van der Waals surface area contributed by atoms with E-state index in [1.807, 2.05) is 116 Å². The van der Waals surface area contributed by atoms with Crippen LogP contribution in [0.25, 0.3) is 32.7 Å². The van der Waals surface area contributed by atoms with E-state index in [0.29, 0.717) is 59.7 Å². The lowest BCUT2D eigenvalue weighted by atomic mass is 10.0. The van der Waals surface area contributed by atoms with Crippen LogP contribution >= 0.6 is 71.5 Å². The Hall–Kier alpha value is -8.35. The van der Waals surface area contributed by atoms with E-state index in [0.717, 1.165) is 133 Å². The Balaban J connectivity index is 0.000000147. The van der Waals surface area contributed by atoms with E-state index in [4.69, 9.17) is 86.2 Å². The number of halogens is 3. The maximum Gasteiger partial charge on any atom is 0.337 e. The van der Waals surface area contributed by atoms with Crippen molar-refractivity contribution in [1.82, 2.24) is 30.9 Å². The van der Waals surface area contributed by atoms with Gasteiger partial charge in [-0.15, -0.1) is 0 Å². The number of nitriles is 1. The molecule has 0 radical (unpaired) electrons. The van der Waals surface area contributed by atoms with E-state index < -0.39 is 0 Å². The van der Waals surface area contributed by atoms with E-state index in [1.165, 1.54) is 24.2 Å². The molecule has 456 valence electrons. The zero-order chi connectivity index (χ0) is 62.2. The number of nitrogens with zero attached hydrogens (tertiary/aromatic N) is 7. The summed E-state index contributed by atoms with van der Waals surface area (Å²) in [6.07, 6.45) is 11.5. The van der Waals surface area contributed by atoms with E-state index >= 15 is 0 Å². The molecule has 0 unspecified atom stereocenters. The molecule has 16 nitrogen and oxygen atoms in total. The number of fused-ring (bicyclic) bond motifs is 3. The second kappa shape index (κ2) is 30.7. The van der Waals surface area contributed by atoms with Crippen LogP contribution < -0.4 is 51.3 Å². The van der Waals surface area contributed by atoms with Crippen LogP contribution in [0.5, 0.6) is 5.75 Å². The molecule has 12 rings (SSSR count). The molecule has 0 spiro atoms. The highest BCUT2D eigenvalue weighted by atomic mass is 35.5. The van der Waals surface area contributed by atoms with Crippen molar-refractivity contribution in [1.29, 1.82) is 5.26 Å². The highest BCUT2D eigenvalue weighted by Crippen LogP contribution is 2.33. The van der Waals surface area contributed by atoms with Gasteiger partial charge < -0.3 is 56.1 Å². The maximum absolute atomic E-state index is 11.5. The van der Waals surface area contributed by atoms with Crippen molar-refractivity contribution in [2.45, 2.75) is 56.7 Å². The maximum atomic E-state index is 11.5. The molecule has 0 atom stereocenters. The van der Waals surface area contributed by atoms with E-state index in [-0.39, 0.29) is 5.97 Å². The van der Waals surface area contributed by atoms with Crippen LogP contribution in [0.1, 0.15) is 54.4 Å². The summed E-state index contributed by atoms with van der Waals surface area (Å²) in [6, 6.07) is 49.0. The van der Waals surface area contributed by atoms with Crippen molar-refractivity contribution in [3.63, 3.8) is 0 Å². The SMILES string of the molecule is COC(=O)c1ccc(NC(=S)NC2CCN(c3ccnc4cc(Cl)ccc34)CC2)cc1.COc1cccc(NC(=S)NC2CCN(c3ccnc4cc(Cl)ccc34)CC2)c1.N#Cc1cccc(NC(=S)NC2CCN(c3ccnc4cc(Cl)ccc34)CC2)c1. The first kappa shape index (κ1) is 63.7. The lowest BCUT2D eigenvalue weighted by molar-refractivity contribution is 0.0600. The molecule has 6 N–H and O–H groups in total. The van der Waals surface area contributed by atoms with Gasteiger partial charge in [0.1, 0.15) is 5.75 Å². The average Bonchev–Trinajstić information content (AvgIpc) is 3.16. The number of hydrogen-bond donors (Lipinski definition) is 6. The molecule has 22 heteroatoms. The van der Waals surface area contributed by atoms with E-state index in [9.17, 15) is 4.79 Å². The number of esters is 1. The number of carbonyl (C=O) groups excluding carboxylic acids is 1. The van der Waals surface area contributed by atoms with Gasteiger partial charge in [0, 0.05) is 147 Å². The molecule has 0 saturated carbocycles. The van der Waals surface area contributed by atoms with Gasteiger partial charge in [0.05, 0.1) is 48.0 Å². The Bertz CT molecular complexity index is 4030. The molecular weight excluding hydrogens is 1240 g/mol. The van der Waals surface area contributed by atoms with E-state index in [1.54, 1.807) is 31.4 Å². The van der Waals surface area contributed by atoms with Crippen LogP contribution in [0.3, 0.4) is 0 Å². The molecule has 0 bridgehead atoms. The standard InChI is InChI=1S/C23H23ClN4O2S.C22H20ClN5S.C22H23ClN4OS/c1-30-22(29)15-2-5-17(6-3-15)26-23(31)27-18-9-12-28(13-10-18)21-8-11-25-20-14-16(24)4-7-19(20)21;23-16-4-5-19-20(13-16)25-9-6-21(19)28-10-7-17(8-11-28)26-22(29)27-18-3-1-2-15(12-18)14-24;1-28-18-4-2-3-17(14-18)26-22(29)25-16-8-11-27(12-9-16)21-7-10-24-20-13-15(23)5-6-19(20)21/h2-8,11,14,18H,9-10,12-13H2,1H3,(H2,26,27,31);1-6,9,12-13,17H,7-8,10-11H2,(H2,26,27,29);2-7,10,13-14,16H,8-9,11-12H2,1H3,(H2,25,26,29). The normalized spacial score (nSPS) is 14.4. The van der Waals surface area contributed by atoms with Crippen molar-refractivity contribution in [2.75, 3.05) is 84.1 Å². The predicted octanol–water partition coefficient (Wildman–Crippen LogP) is 14.2. The Labute approximate surface area is 549 Å². The highest BCUT2D eigenvalue weighted by molar-refractivity contribution is 7.80. The number of rotatable bonds is 11. The van der Waals surface area contributed by atoms with Gasteiger partial charge in [-0.05, 0) is 203 Å². The summed E-state index contributed by atoms with van der Waals surface area (Å²) in [6.45, 7) is 5.64. The fraction of sp³-hybridized carbons (Fsp3) is 0.254. The summed E-state index contributed by atoms with van der Waals surface area (Å²) < 4.78 is 9.97. The lowest BCUT2D eigenvalue weighted by Crippen LogP contribution is -2.46. The number of aromatic nitrogens is 3. The van der Waals surface area contributed by atoms with Crippen LogP contribution in [0.2, 0.25) is 15.1 Å². The van der Waals surface area contributed by atoms with Crippen LogP contribution in [-0.4, -0.2) is 108 Å². The first-order valence-corrected chi connectivity index (χ1v) is 31.6. The molecule has 3 aliphatic rings. The van der Waals surface area contributed by atoms with Gasteiger partial charge in [-0.25, -0.2) is 4.79 Å². The summed E-state index contributed by atoms with van der Waals surface area (Å²) in [5, 5.41) is 36.1. The van der Waals surface area contributed by atoms with Gasteiger partial charge >= 0.3 is 5.97 Å². The average molecular weight is 1300 g/mol. The minimum absolute atomic E-state index is 0.299. The number of thiocarbonyl (C=S) groups is 3. The van der Waals surface area contributed by atoms with Crippen molar-refractivity contribution < 1.29 is 14.3 Å². The molecule has 3 fully saturated rings. The number of anilines is 6. The molecule has 0 amide bonds. The number of hydrogen-bond acceptors (Lipinski definition) is 13. The van der Waals surface area contributed by atoms with Gasteiger partial charge in [-0.1, -0.05) is 46.9 Å². The second-order valence-electron chi connectivity index (χ2n) is 21.5. The van der Waals surface area contributed by atoms with Crippen molar-refractivity contribution in [2.24, 2.45) is 0 Å². The molecule has 3 aliphatic heterocycles. The summed E-state index contributed by atoms with van der Waals surface area (Å²) in [4.78, 5) is 32.0. The summed E-state index contributed by atoms with van der Waals surface area (Å²) in [7, 11) is 3.02. The van der Waals surface area contributed by atoms with E-state index in [2.05, 4.69) is 91.9 Å². The summed E-state index contributed by atoms with van der Waals surface area (Å²) in [5.74, 6) is 0.445. The van der Waals surface area contributed by atoms with Crippen molar-refractivity contribution in [3.05, 3.63) is 190 Å². The van der Waals surface area contributed by atoms with Crippen LogP contribution in [0.15, 0.2) is 164 Å². The smallest absolute Gasteiger partial charge is 0.337 e. The summed E-state index contributed by atoms with van der Waals surface area (Å²) >= 11 is 34.8. The number of ether oxygens (including phenoxy) is 2. The first-order chi connectivity index (χ1) is 43.3. The molecule has 3 saturated heterocycles. The van der Waals surface area contributed by atoms with Gasteiger partial charge in [0.2, 0.25) is 0 Å². The number of methoxy groups -OCH3 is 2. The van der Waals surface area contributed by atoms with Gasteiger partial charge in [-0.2, -0.15) is 5.26 Å². The van der Waals surface area contributed by atoms with Gasteiger partial charge in [-0.3, -0.25) is 15.0 Å². The number of piperidine rings is 3. The number of benzene rings is 6. The van der Waals surface area contributed by atoms with Crippen LogP contribution in [0, 0.1) is 11.3 Å². The van der Waals surface area contributed by atoms with Crippen molar-refractivity contribution >= 4 is 160 Å². The largest absolute Gasteiger partial charge is 0.497 e. The minimum atomic E-state index is -0.357. The Kier molecular flexibility index (Phi) is 22.0. The number of carbonyl (C=O) groups is 1. The fourth-order valence-corrected chi connectivity index (χ4v) is 12.5. The Morgan fingerprint density at radius 2 is 0.876 bits per heavy atom. The Morgan fingerprint density at radius 1 is 0.494 bits per heavy atom. The minimum Gasteiger partial charge on any atom is -0.497 e. The molecule has 6 aromatic carbocycles. The lowest BCUT2D eigenvalue weighted by Gasteiger charge is -2.35. The molecule has 6 heterocycles. The topological polar surface area (TPSA) is 180 Å². The fourth-order valence-electron chi connectivity index (χ4n) is 11.2. The first-order valence-electron chi connectivity index (χ1n) is 29.2. The zero-order valence-electron chi connectivity index (χ0n) is 49.0. The molecule has 9 aromatic rings. The second-order valence-corrected chi connectivity index (χ2v) is 24.1. The van der Waals surface area contributed by atoms with Gasteiger partial charge in [0.25, 0.3) is 0 Å². The Morgan fingerprint density at radius 3 is 1.26 bits per heavy atom. The number of pyridine rings is 3. The van der Waals surface area contributed by atoms with Gasteiger partial charge in [0.15, 0.2) is 15.3 Å².